The minimum absolute atomic E-state index is 0.215. The van der Waals surface area contributed by atoms with Gasteiger partial charge in [-0.25, -0.2) is 4.79 Å². The molecule has 1 N–H and O–H groups in total. The topological polar surface area (TPSA) is 69.7 Å². The molecule has 5 rings (SSSR count). The molecule has 0 unspecified atom stereocenters. The van der Waals surface area contributed by atoms with Crippen LogP contribution in [0.4, 0.5) is 4.79 Å². The van der Waals surface area contributed by atoms with E-state index in [4.69, 9.17) is 0 Å². The number of fused-ring (bicyclic) bond motifs is 1. The van der Waals surface area contributed by atoms with E-state index in [0.29, 0.717) is 25.9 Å². The highest BCUT2D eigenvalue weighted by atomic mass is 16.2. The largest absolute Gasteiger partial charge is 0.336 e. The first-order valence-electron chi connectivity index (χ1n) is 11.6. The first-order valence-corrected chi connectivity index (χ1v) is 11.6. The number of nitrogens with one attached hydrogen (secondary N) is 1. The van der Waals surface area contributed by atoms with Gasteiger partial charge in [-0.2, -0.15) is 0 Å². The fraction of sp³-hybridized carbons (Fsp3) is 0.250. The van der Waals surface area contributed by atoms with Crippen LogP contribution in [0.15, 0.2) is 84.9 Å². The summed E-state index contributed by atoms with van der Waals surface area (Å²) in [6, 6.07) is 26.9. The summed E-state index contributed by atoms with van der Waals surface area (Å²) in [5.74, 6) is -0.566. The van der Waals surface area contributed by atoms with Gasteiger partial charge in [-0.05, 0) is 28.7 Å². The number of hydrogen-bond donors (Lipinski definition) is 1. The molecule has 0 spiro atoms. The molecule has 1 saturated heterocycles. The molecular formula is C28H27N3O3. The van der Waals surface area contributed by atoms with Gasteiger partial charge in [-0.1, -0.05) is 84.9 Å². The Kier molecular flexibility index (Phi) is 5.88. The molecule has 1 fully saturated rings. The Balaban J connectivity index is 1.37. The Morgan fingerprint density at radius 2 is 1.35 bits per heavy atom. The quantitative estimate of drug-likeness (QED) is 0.582. The third kappa shape index (κ3) is 4.31. The van der Waals surface area contributed by atoms with Gasteiger partial charge in [0.1, 0.15) is 12.1 Å². The number of imide groups is 1. The normalized spacial score (nSPS) is 16.8. The zero-order valence-electron chi connectivity index (χ0n) is 18.9. The van der Waals surface area contributed by atoms with Crippen molar-refractivity contribution < 1.29 is 14.4 Å². The third-order valence-electron chi connectivity index (χ3n) is 6.72. The highest BCUT2D eigenvalue weighted by molar-refractivity contribution is 6.09. The molecule has 3 aromatic rings. The van der Waals surface area contributed by atoms with Crippen molar-refractivity contribution in [3.63, 3.8) is 0 Å². The molecule has 0 bridgehead atoms. The lowest BCUT2D eigenvalue weighted by atomic mass is 9.84. The molecule has 6 heteroatoms. The Hall–Kier alpha value is -3.93. The van der Waals surface area contributed by atoms with Crippen LogP contribution in [0.5, 0.6) is 0 Å². The number of hydrogen-bond acceptors (Lipinski definition) is 3. The van der Waals surface area contributed by atoms with Crippen molar-refractivity contribution in [1.82, 2.24) is 15.1 Å². The Morgan fingerprint density at radius 3 is 1.97 bits per heavy atom. The fourth-order valence-electron chi connectivity index (χ4n) is 4.95. The van der Waals surface area contributed by atoms with Gasteiger partial charge in [0.15, 0.2) is 0 Å². The molecule has 34 heavy (non-hydrogen) atoms. The number of benzene rings is 3. The maximum absolute atomic E-state index is 13.7. The summed E-state index contributed by atoms with van der Waals surface area (Å²) in [6.45, 7) is 0.828. The van der Waals surface area contributed by atoms with Crippen molar-refractivity contribution in [1.29, 1.82) is 0 Å². The molecule has 0 atom stereocenters. The van der Waals surface area contributed by atoms with E-state index < -0.39 is 11.6 Å². The van der Waals surface area contributed by atoms with Crippen LogP contribution in [0, 0.1) is 0 Å². The van der Waals surface area contributed by atoms with Crippen LogP contribution in [0.3, 0.4) is 0 Å². The predicted octanol–water partition coefficient (Wildman–Crippen LogP) is 3.35. The van der Waals surface area contributed by atoms with Gasteiger partial charge >= 0.3 is 6.03 Å². The summed E-state index contributed by atoms with van der Waals surface area (Å²) in [5, 5.41) is 2.95. The number of rotatable bonds is 6. The lowest BCUT2D eigenvalue weighted by Crippen LogP contribution is -2.51. The molecule has 4 amide bonds. The third-order valence-corrected chi connectivity index (χ3v) is 6.72. The van der Waals surface area contributed by atoms with Crippen molar-refractivity contribution in [3.05, 3.63) is 107 Å². The van der Waals surface area contributed by atoms with Gasteiger partial charge in [0.05, 0.1) is 0 Å². The maximum atomic E-state index is 13.7. The van der Waals surface area contributed by atoms with Crippen LogP contribution >= 0.6 is 0 Å². The second-order valence-electron chi connectivity index (χ2n) is 9.06. The molecule has 2 heterocycles. The van der Waals surface area contributed by atoms with Gasteiger partial charge in [-0.3, -0.25) is 14.5 Å². The number of nitrogens with zero attached hydrogens (tertiary/aromatic N) is 2. The van der Waals surface area contributed by atoms with Gasteiger partial charge in [0, 0.05) is 25.9 Å². The smallest absolute Gasteiger partial charge is 0.325 e. The van der Waals surface area contributed by atoms with E-state index in [1.165, 1.54) is 5.56 Å². The SMILES string of the molecule is O=C(CN1C(=O)NC(Cc2ccccc2)(Cc2ccccc2)C1=O)N1CCc2ccccc2C1. The number of amides is 4. The molecule has 2 aliphatic rings. The first kappa shape index (κ1) is 21.9. The highest BCUT2D eigenvalue weighted by Crippen LogP contribution is 2.28. The zero-order chi connectivity index (χ0) is 23.5. The van der Waals surface area contributed by atoms with Crippen LogP contribution in [-0.2, 0) is 35.4 Å². The number of carbonyl (C=O) groups is 3. The second-order valence-corrected chi connectivity index (χ2v) is 9.06. The highest BCUT2D eigenvalue weighted by Gasteiger charge is 2.51. The minimum atomic E-state index is -1.13. The number of urea groups is 1. The van der Waals surface area contributed by atoms with E-state index in [1.54, 1.807) is 4.90 Å². The summed E-state index contributed by atoms with van der Waals surface area (Å²) >= 11 is 0. The van der Waals surface area contributed by atoms with Gasteiger partial charge in [0.2, 0.25) is 5.91 Å². The van der Waals surface area contributed by atoms with Crippen molar-refractivity contribution in [2.24, 2.45) is 0 Å². The number of carbonyl (C=O) groups excluding carboxylic acids is 3. The van der Waals surface area contributed by atoms with Gasteiger partial charge in [0.25, 0.3) is 5.91 Å². The van der Waals surface area contributed by atoms with E-state index in [9.17, 15) is 14.4 Å². The molecule has 0 aromatic heterocycles. The molecule has 172 valence electrons. The van der Waals surface area contributed by atoms with E-state index in [-0.39, 0.29) is 18.4 Å². The second kappa shape index (κ2) is 9.14. The monoisotopic (exact) mass is 453 g/mol. The molecule has 0 saturated carbocycles. The average molecular weight is 454 g/mol. The van der Waals surface area contributed by atoms with Gasteiger partial charge < -0.3 is 10.2 Å². The molecule has 0 radical (unpaired) electrons. The van der Waals surface area contributed by atoms with E-state index in [0.717, 1.165) is 28.0 Å². The minimum Gasteiger partial charge on any atom is -0.336 e. The average Bonchev–Trinajstić information content (AvgIpc) is 3.08. The summed E-state index contributed by atoms with van der Waals surface area (Å²) in [5.41, 5.74) is 3.13. The van der Waals surface area contributed by atoms with Crippen molar-refractivity contribution in [2.75, 3.05) is 13.1 Å². The Bertz CT molecular complexity index is 1170. The van der Waals surface area contributed by atoms with E-state index in [2.05, 4.69) is 11.4 Å². The van der Waals surface area contributed by atoms with Crippen LogP contribution < -0.4 is 5.32 Å². The Morgan fingerprint density at radius 1 is 0.794 bits per heavy atom. The van der Waals surface area contributed by atoms with Crippen molar-refractivity contribution >= 4 is 17.8 Å². The molecule has 3 aromatic carbocycles. The maximum Gasteiger partial charge on any atom is 0.325 e. The predicted molar refractivity (Wildman–Crippen MR) is 129 cm³/mol. The van der Waals surface area contributed by atoms with E-state index in [1.807, 2.05) is 78.9 Å². The van der Waals surface area contributed by atoms with E-state index >= 15 is 0 Å². The summed E-state index contributed by atoms with van der Waals surface area (Å²) < 4.78 is 0. The summed E-state index contributed by atoms with van der Waals surface area (Å²) in [6.07, 6.45) is 1.48. The lowest BCUT2D eigenvalue weighted by Gasteiger charge is -2.30. The van der Waals surface area contributed by atoms with Crippen molar-refractivity contribution in [3.8, 4) is 0 Å². The van der Waals surface area contributed by atoms with Gasteiger partial charge in [-0.15, -0.1) is 0 Å². The van der Waals surface area contributed by atoms with Crippen molar-refractivity contribution in [2.45, 2.75) is 31.3 Å². The zero-order valence-corrected chi connectivity index (χ0v) is 18.9. The molecule has 2 aliphatic heterocycles. The van der Waals surface area contributed by atoms with Crippen LogP contribution in [-0.4, -0.2) is 46.3 Å². The standard InChI is InChI=1S/C28H27N3O3/c32-25(30-16-15-23-13-7-8-14-24(23)19-30)20-31-26(33)28(29-27(31)34,17-21-9-3-1-4-10-21)18-22-11-5-2-6-12-22/h1-14H,15-20H2,(H,29,34). The molecule has 0 aliphatic carbocycles. The lowest BCUT2D eigenvalue weighted by molar-refractivity contribution is -0.139. The summed E-state index contributed by atoms with van der Waals surface area (Å²) in [4.78, 5) is 42.7. The van der Waals surface area contributed by atoms with Crippen LogP contribution in [0.2, 0.25) is 0 Å². The summed E-state index contributed by atoms with van der Waals surface area (Å²) in [7, 11) is 0. The van der Waals surface area contributed by atoms with Crippen LogP contribution in [0.25, 0.3) is 0 Å². The first-order chi connectivity index (χ1) is 16.5. The van der Waals surface area contributed by atoms with Crippen LogP contribution in [0.1, 0.15) is 22.3 Å². The molecule has 6 nitrogen and oxygen atoms in total. The fourth-order valence-corrected chi connectivity index (χ4v) is 4.95. The molecular weight excluding hydrogens is 426 g/mol. The Labute approximate surface area is 199 Å².